The lowest BCUT2D eigenvalue weighted by Crippen LogP contribution is -1.92. The van der Waals surface area contributed by atoms with E-state index in [1.807, 2.05) is 0 Å². The highest BCUT2D eigenvalue weighted by Gasteiger charge is 2.11. The maximum atomic E-state index is 13.4. The predicted octanol–water partition coefficient (Wildman–Crippen LogP) is 4.88. The van der Waals surface area contributed by atoms with Crippen LogP contribution in [-0.4, -0.2) is 0 Å². The van der Waals surface area contributed by atoms with Crippen molar-refractivity contribution in [3.05, 3.63) is 58.4 Å². The fourth-order valence-electron chi connectivity index (χ4n) is 1.53. The van der Waals surface area contributed by atoms with Crippen LogP contribution in [-0.2, 0) is 5.88 Å². The van der Waals surface area contributed by atoms with Gasteiger partial charge in [0.25, 0.3) is 0 Å². The summed E-state index contributed by atoms with van der Waals surface area (Å²) in [4.78, 5) is 0. The van der Waals surface area contributed by atoms with Gasteiger partial charge >= 0.3 is 0 Å². The van der Waals surface area contributed by atoms with Crippen molar-refractivity contribution in [1.82, 2.24) is 0 Å². The second-order valence-electron chi connectivity index (χ2n) is 3.73. The molecular formula is C14H8Cl2FNO. The SMILES string of the molecule is N#Cc1c(F)cccc1Oc1ccc(CCl)cc1Cl. The van der Waals surface area contributed by atoms with E-state index in [0.29, 0.717) is 16.7 Å². The van der Waals surface area contributed by atoms with E-state index < -0.39 is 5.82 Å². The topological polar surface area (TPSA) is 33.0 Å². The van der Waals surface area contributed by atoms with Crippen molar-refractivity contribution in [3.8, 4) is 17.6 Å². The first-order valence-corrected chi connectivity index (χ1v) is 6.28. The third-order valence-corrected chi connectivity index (χ3v) is 3.06. The quantitative estimate of drug-likeness (QED) is 0.756. The summed E-state index contributed by atoms with van der Waals surface area (Å²) in [5.41, 5.74) is 0.693. The van der Waals surface area contributed by atoms with Crippen molar-refractivity contribution in [3.63, 3.8) is 0 Å². The molecule has 5 heteroatoms. The van der Waals surface area contributed by atoms with Crippen molar-refractivity contribution in [2.75, 3.05) is 0 Å². The van der Waals surface area contributed by atoms with Crippen LogP contribution in [0, 0.1) is 17.1 Å². The molecule has 2 rings (SSSR count). The number of ether oxygens (including phenoxy) is 1. The maximum Gasteiger partial charge on any atom is 0.148 e. The van der Waals surface area contributed by atoms with E-state index in [4.69, 9.17) is 33.2 Å². The first-order valence-electron chi connectivity index (χ1n) is 5.36. The molecule has 19 heavy (non-hydrogen) atoms. The van der Waals surface area contributed by atoms with Gasteiger partial charge in [-0.2, -0.15) is 5.26 Å². The Morgan fingerprint density at radius 3 is 2.63 bits per heavy atom. The molecule has 0 N–H and O–H groups in total. The minimum Gasteiger partial charge on any atom is -0.454 e. The van der Waals surface area contributed by atoms with Crippen LogP contribution in [0.2, 0.25) is 5.02 Å². The van der Waals surface area contributed by atoms with Gasteiger partial charge in [-0.3, -0.25) is 0 Å². The lowest BCUT2D eigenvalue weighted by molar-refractivity contribution is 0.474. The number of nitriles is 1. The van der Waals surface area contributed by atoms with E-state index in [-0.39, 0.29) is 11.3 Å². The van der Waals surface area contributed by atoms with Crippen LogP contribution < -0.4 is 4.74 Å². The third kappa shape index (κ3) is 2.98. The number of hydrogen-bond donors (Lipinski definition) is 0. The summed E-state index contributed by atoms with van der Waals surface area (Å²) < 4.78 is 18.9. The second kappa shape index (κ2) is 5.92. The number of benzene rings is 2. The highest BCUT2D eigenvalue weighted by molar-refractivity contribution is 6.32. The van der Waals surface area contributed by atoms with Crippen LogP contribution in [0.1, 0.15) is 11.1 Å². The lowest BCUT2D eigenvalue weighted by Gasteiger charge is -2.10. The van der Waals surface area contributed by atoms with Crippen LogP contribution in [0.4, 0.5) is 4.39 Å². The van der Waals surface area contributed by atoms with Gasteiger partial charge in [0.2, 0.25) is 0 Å². The van der Waals surface area contributed by atoms with Gasteiger partial charge in [0.15, 0.2) is 0 Å². The van der Waals surface area contributed by atoms with E-state index in [9.17, 15) is 4.39 Å². The van der Waals surface area contributed by atoms with Crippen molar-refractivity contribution >= 4 is 23.2 Å². The Kier molecular flexibility index (Phi) is 4.26. The van der Waals surface area contributed by atoms with Crippen molar-refractivity contribution in [1.29, 1.82) is 5.26 Å². The molecule has 0 saturated carbocycles. The van der Waals surface area contributed by atoms with E-state index in [2.05, 4.69) is 0 Å². The molecule has 0 heterocycles. The highest BCUT2D eigenvalue weighted by atomic mass is 35.5. The molecule has 0 spiro atoms. The molecule has 0 amide bonds. The number of halogens is 3. The van der Waals surface area contributed by atoms with Gasteiger partial charge in [-0.15, -0.1) is 11.6 Å². The number of rotatable bonds is 3. The Labute approximate surface area is 119 Å². The normalized spacial score (nSPS) is 10.0. The van der Waals surface area contributed by atoms with Gasteiger partial charge in [0.05, 0.1) is 5.02 Å². The first kappa shape index (κ1) is 13.7. The lowest BCUT2D eigenvalue weighted by atomic mass is 10.2. The zero-order valence-electron chi connectivity index (χ0n) is 9.66. The van der Waals surface area contributed by atoms with Gasteiger partial charge in [-0.1, -0.05) is 23.7 Å². The van der Waals surface area contributed by atoms with Gasteiger partial charge < -0.3 is 4.74 Å². The molecule has 0 fully saturated rings. The number of nitrogens with zero attached hydrogens (tertiary/aromatic N) is 1. The molecule has 2 aromatic rings. The minimum atomic E-state index is -0.631. The smallest absolute Gasteiger partial charge is 0.148 e. The van der Waals surface area contributed by atoms with Gasteiger partial charge in [-0.05, 0) is 29.8 Å². The van der Waals surface area contributed by atoms with Gasteiger partial charge in [0, 0.05) is 5.88 Å². The molecule has 0 aliphatic rings. The molecule has 0 saturated heterocycles. The zero-order valence-corrected chi connectivity index (χ0v) is 11.2. The molecule has 0 bridgehead atoms. The molecular weight excluding hydrogens is 288 g/mol. The summed E-state index contributed by atoms with van der Waals surface area (Å²) in [6.45, 7) is 0. The Bertz CT molecular complexity index is 652. The van der Waals surface area contributed by atoms with Crippen molar-refractivity contribution in [2.45, 2.75) is 5.88 Å². The van der Waals surface area contributed by atoms with Crippen LogP contribution in [0.5, 0.6) is 11.5 Å². The van der Waals surface area contributed by atoms with E-state index in [0.717, 1.165) is 5.56 Å². The van der Waals surface area contributed by atoms with Gasteiger partial charge in [-0.25, -0.2) is 4.39 Å². The number of hydrogen-bond acceptors (Lipinski definition) is 2. The molecule has 0 unspecified atom stereocenters. The minimum absolute atomic E-state index is 0.128. The summed E-state index contributed by atoms with van der Waals surface area (Å²) in [5, 5.41) is 9.26. The van der Waals surface area contributed by atoms with E-state index in [1.165, 1.54) is 18.2 Å². The molecule has 2 nitrogen and oxygen atoms in total. The summed E-state index contributed by atoms with van der Waals surface area (Å²) >= 11 is 11.7. The Morgan fingerprint density at radius 1 is 1.21 bits per heavy atom. The summed E-state index contributed by atoms with van der Waals surface area (Å²) in [7, 11) is 0. The summed E-state index contributed by atoms with van der Waals surface area (Å²) in [6, 6.07) is 11.0. The molecule has 96 valence electrons. The molecule has 0 aliphatic carbocycles. The Morgan fingerprint density at radius 2 is 2.00 bits per heavy atom. The van der Waals surface area contributed by atoms with Gasteiger partial charge in [0.1, 0.15) is 28.9 Å². The molecule has 0 radical (unpaired) electrons. The average molecular weight is 296 g/mol. The Balaban J connectivity index is 2.37. The molecule has 0 aliphatic heterocycles. The largest absolute Gasteiger partial charge is 0.454 e. The van der Waals surface area contributed by atoms with Crippen molar-refractivity contribution < 1.29 is 9.13 Å². The second-order valence-corrected chi connectivity index (χ2v) is 4.40. The van der Waals surface area contributed by atoms with Crippen LogP contribution in [0.3, 0.4) is 0 Å². The predicted molar refractivity (Wildman–Crippen MR) is 72.2 cm³/mol. The van der Waals surface area contributed by atoms with Crippen LogP contribution >= 0.6 is 23.2 Å². The first-order chi connectivity index (χ1) is 9.15. The monoisotopic (exact) mass is 295 g/mol. The van der Waals surface area contributed by atoms with E-state index >= 15 is 0 Å². The number of alkyl halides is 1. The summed E-state index contributed by atoms with van der Waals surface area (Å²) in [6.07, 6.45) is 0. The fraction of sp³-hybridized carbons (Fsp3) is 0.0714. The molecule has 2 aromatic carbocycles. The van der Waals surface area contributed by atoms with Crippen LogP contribution in [0.15, 0.2) is 36.4 Å². The maximum absolute atomic E-state index is 13.4. The standard InChI is InChI=1S/C14H8Cl2FNO/c15-7-9-4-5-14(11(16)6-9)19-13-3-1-2-12(17)10(13)8-18/h1-6H,7H2. The van der Waals surface area contributed by atoms with Crippen LogP contribution in [0.25, 0.3) is 0 Å². The average Bonchev–Trinajstić information content (AvgIpc) is 2.41. The zero-order chi connectivity index (χ0) is 13.8. The highest BCUT2D eigenvalue weighted by Crippen LogP contribution is 2.32. The van der Waals surface area contributed by atoms with Crippen molar-refractivity contribution in [2.24, 2.45) is 0 Å². The molecule has 0 aromatic heterocycles. The van der Waals surface area contributed by atoms with E-state index in [1.54, 1.807) is 24.3 Å². The summed E-state index contributed by atoms with van der Waals surface area (Å²) in [5.74, 6) is 0.179. The Hall–Kier alpha value is -1.76. The fourth-order valence-corrected chi connectivity index (χ4v) is 1.93. The molecule has 0 atom stereocenters. The third-order valence-electron chi connectivity index (χ3n) is 2.46.